The van der Waals surface area contributed by atoms with Gasteiger partial charge in [-0.25, -0.2) is 19.4 Å². The molecule has 4 heterocycles. The van der Waals surface area contributed by atoms with Crippen molar-refractivity contribution >= 4 is 33.7 Å². The fourth-order valence-electron chi connectivity index (χ4n) is 3.06. The molecule has 10 heteroatoms. The maximum Gasteiger partial charge on any atom is 0.326 e. The Labute approximate surface area is 151 Å². The van der Waals surface area contributed by atoms with Crippen molar-refractivity contribution < 1.29 is 9.13 Å². The first kappa shape index (κ1) is 15.4. The second-order valence-corrected chi connectivity index (χ2v) is 6.05. The first-order valence-electron chi connectivity index (χ1n) is 8.13. The lowest BCUT2D eigenvalue weighted by Crippen LogP contribution is -2.24. The van der Waals surface area contributed by atoms with Crippen LogP contribution in [0.25, 0.3) is 21.9 Å². The van der Waals surface area contributed by atoms with E-state index in [1.165, 1.54) is 18.5 Å². The monoisotopic (exact) mass is 364 g/mol. The fraction of sp³-hybridized carbons (Fsp3) is 0.118. The van der Waals surface area contributed by atoms with Gasteiger partial charge >= 0.3 is 6.01 Å². The Morgan fingerprint density at radius 1 is 1.15 bits per heavy atom. The van der Waals surface area contributed by atoms with Gasteiger partial charge in [0, 0.05) is 16.5 Å². The van der Waals surface area contributed by atoms with E-state index >= 15 is 0 Å². The van der Waals surface area contributed by atoms with Crippen LogP contribution < -0.4 is 15.8 Å². The summed E-state index contributed by atoms with van der Waals surface area (Å²) in [5.74, 6) is 1.16. The first-order valence-corrected chi connectivity index (χ1v) is 8.13. The van der Waals surface area contributed by atoms with E-state index < -0.39 is 0 Å². The van der Waals surface area contributed by atoms with Crippen molar-refractivity contribution in [2.45, 2.75) is 13.5 Å². The number of benzene rings is 1. The van der Waals surface area contributed by atoms with Crippen LogP contribution in [0.3, 0.4) is 0 Å². The summed E-state index contributed by atoms with van der Waals surface area (Å²) in [4.78, 5) is 24.3. The molecule has 9 nitrogen and oxygen atoms in total. The highest BCUT2D eigenvalue weighted by Gasteiger charge is 2.21. The quantitative estimate of drug-likeness (QED) is 0.498. The zero-order chi connectivity index (χ0) is 18.5. The van der Waals surface area contributed by atoms with Crippen molar-refractivity contribution in [3.8, 4) is 11.8 Å². The predicted octanol–water partition coefficient (Wildman–Crippen LogP) is 2.38. The molecule has 3 aromatic heterocycles. The lowest BCUT2D eigenvalue weighted by Gasteiger charge is -2.12. The second kappa shape index (κ2) is 5.59. The lowest BCUT2D eigenvalue weighted by atomic mass is 10.1. The molecule has 0 saturated heterocycles. The van der Waals surface area contributed by atoms with Gasteiger partial charge in [0.1, 0.15) is 23.1 Å². The van der Waals surface area contributed by atoms with Gasteiger partial charge in [-0.2, -0.15) is 9.97 Å². The number of hydrogen-bond donors (Lipinski definition) is 3. The number of aromatic amines is 1. The summed E-state index contributed by atoms with van der Waals surface area (Å²) in [5.41, 5.74) is 7.55. The number of halogens is 1. The standard InChI is InChI=1S/C17H13FN8O/c1-7-20-4-8(5-21-7)27-17-25-14-13-12-9(10(18)2-3-11(12)23-14)6-22-16(19)24-15(13)26-17/h2-5H,6H2,1H3,(H4,19,22,23,24,25,26). The minimum atomic E-state index is -0.357. The highest BCUT2D eigenvalue weighted by molar-refractivity contribution is 6.15. The van der Waals surface area contributed by atoms with E-state index in [0.717, 1.165) is 5.52 Å². The minimum Gasteiger partial charge on any atom is -0.421 e. The molecule has 0 bridgehead atoms. The first-order chi connectivity index (χ1) is 13.1. The molecule has 0 saturated carbocycles. The molecule has 1 aromatic carbocycles. The molecule has 0 radical (unpaired) electrons. The number of aromatic nitrogens is 5. The summed E-state index contributed by atoms with van der Waals surface area (Å²) in [6.07, 6.45) is 3.06. The van der Waals surface area contributed by atoms with Gasteiger partial charge in [0.05, 0.1) is 24.3 Å². The fourth-order valence-corrected chi connectivity index (χ4v) is 3.06. The van der Waals surface area contributed by atoms with Gasteiger partial charge in [-0.15, -0.1) is 0 Å². The number of aryl methyl sites for hydroxylation is 1. The van der Waals surface area contributed by atoms with Gasteiger partial charge in [-0.3, -0.25) is 0 Å². The Morgan fingerprint density at radius 3 is 2.78 bits per heavy atom. The average molecular weight is 364 g/mol. The number of nitrogens with one attached hydrogen (secondary N) is 2. The highest BCUT2D eigenvalue weighted by atomic mass is 19.1. The van der Waals surface area contributed by atoms with Crippen LogP contribution in [0.15, 0.2) is 29.5 Å². The number of nitrogens with two attached hydrogens (primary N) is 1. The van der Waals surface area contributed by atoms with Gasteiger partial charge in [0.2, 0.25) is 0 Å². The molecule has 1 aliphatic heterocycles. The number of aliphatic imine (C=N–C) groups is 1. The summed E-state index contributed by atoms with van der Waals surface area (Å²) in [5, 5.41) is 4.24. The zero-order valence-corrected chi connectivity index (χ0v) is 14.1. The van der Waals surface area contributed by atoms with Crippen LogP contribution >= 0.6 is 0 Å². The molecule has 0 amide bonds. The predicted molar refractivity (Wildman–Crippen MR) is 97.1 cm³/mol. The Hall–Kier alpha value is -3.82. The molecule has 0 aliphatic carbocycles. The van der Waals surface area contributed by atoms with E-state index in [-0.39, 0.29) is 24.3 Å². The van der Waals surface area contributed by atoms with Gasteiger partial charge in [-0.05, 0) is 19.1 Å². The van der Waals surface area contributed by atoms with Crippen LogP contribution in [0.5, 0.6) is 11.8 Å². The molecule has 0 unspecified atom stereocenters. The van der Waals surface area contributed by atoms with Crippen molar-refractivity contribution in [2.75, 3.05) is 5.32 Å². The topological polar surface area (TPSA) is 127 Å². The van der Waals surface area contributed by atoms with E-state index in [1.54, 1.807) is 13.0 Å². The maximum atomic E-state index is 14.4. The van der Waals surface area contributed by atoms with Crippen molar-refractivity contribution in [1.29, 1.82) is 0 Å². The SMILES string of the molecule is Cc1ncc(Oc2nc3c4c(n2)[nH]c2ccc(F)c(c24)CN=C(N)N3)cn1. The second-order valence-electron chi connectivity index (χ2n) is 6.05. The van der Waals surface area contributed by atoms with Crippen LogP contribution in [-0.2, 0) is 6.54 Å². The van der Waals surface area contributed by atoms with E-state index in [4.69, 9.17) is 10.5 Å². The van der Waals surface area contributed by atoms with Crippen molar-refractivity contribution in [3.63, 3.8) is 0 Å². The normalized spacial score (nSPS) is 13.3. The number of ether oxygens (including phenoxy) is 1. The molecule has 5 rings (SSSR count). The third-order valence-corrected chi connectivity index (χ3v) is 4.27. The molecule has 1 aliphatic rings. The Kier molecular flexibility index (Phi) is 3.20. The summed E-state index contributed by atoms with van der Waals surface area (Å²) in [6, 6.07) is 3.12. The summed E-state index contributed by atoms with van der Waals surface area (Å²) in [7, 11) is 0. The molecule has 134 valence electrons. The number of rotatable bonds is 2. The van der Waals surface area contributed by atoms with Crippen LogP contribution in [0.2, 0.25) is 0 Å². The van der Waals surface area contributed by atoms with Crippen molar-refractivity contribution in [1.82, 2.24) is 24.9 Å². The summed E-state index contributed by atoms with van der Waals surface area (Å²) >= 11 is 0. The third-order valence-electron chi connectivity index (χ3n) is 4.27. The highest BCUT2D eigenvalue weighted by Crippen LogP contribution is 2.36. The number of nitrogens with zero attached hydrogens (tertiary/aromatic N) is 5. The smallest absolute Gasteiger partial charge is 0.326 e. The van der Waals surface area contributed by atoms with Crippen LogP contribution in [-0.4, -0.2) is 30.9 Å². The number of hydrogen-bond acceptors (Lipinski definition) is 8. The Bertz CT molecular complexity index is 1230. The van der Waals surface area contributed by atoms with Gasteiger partial charge in [0.25, 0.3) is 0 Å². The lowest BCUT2D eigenvalue weighted by molar-refractivity contribution is 0.440. The molecule has 4 N–H and O–H groups in total. The van der Waals surface area contributed by atoms with E-state index in [2.05, 4.69) is 35.2 Å². The molecule has 0 atom stereocenters. The van der Waals surface area contributed by atoms with Crippen LogP contribution in [0.4, 0.5) is 10.2 Å². The average Bonchev–Trinajstić information content (AvgIpc) is 3.00. The number of anilines is 1. The molecular formula is C17H13FN8O. The minimum absolute atomic E-state index is 0.0689. The Balaban J connectivity index is 1.74. The summed E-state index contributed by atoms with van der Waals surface area (Å²) < 4.78 is 20.0. The molecule has 0 spiro atoms. The van der Waals surface area contributed by atoms with E-state index in [0.29, 0.717) is 39.4 Å². The van der Waals surface area contributed by atoms with E-state index in [9.17, 15) is 4.39 Å². The largest absolute Gasteiger partial charge is 0.421 e. The van der Waals surface area contributed by atoms with Crippen LogP contribution in [0.1, 0.15) is 11.4 Å². The molecule has 27 heavy (non-hydrogen) atoms. The van der Waals surface area contributed by atoms with Crippen LogP contribution in [0, 0.1) is 12.7 Å². The Morgan fingerprint density at radius 2 is 1.96 bits per heavy atom. The third kappa shape index (κ3) is 2.49. The van der Waals surface area contributed by atoms with Gasteiger partial charge < -0.3 is 20.8 Å². The summed E-state index contributed by atoms with van der Waals surface area (Å²) in [6.45, 7) is 1.89. The van der Waals surface area contributed by atoms with Crippen molar-refractivity contribution in [2.24, 2.45) is 10.7 Å². The number of H-pyrrole nitrogens is 1. The van der Waals surface area contributed by atoms with E-state index in [1.807, 2.05) is 0 Å². The molecular weight excluding hydrogens is 351 g/mol. The number of guanidine groups is 1. The maximum absolute atomic E-state index is 14.4. The van der Waals surface area contributed by atoms with Gasteiger partial charge in [-0.1, -0.05) is 0 Å². The zero-order valence-electron chi connectivity index (χ0n) is 14.1. The molecule has 4 aromatic rings. The van der Waals surface area contributed by atoms with Crippen molar-refractivity contribution in [3.05, 3.63) is 41.7 Å². The van der Waals surface area contributed by atoms with Gasteiger partial charge in [0.15, 0.2) is 11.7 Å². The molecule has 0 fully saturated rings.